The van der Waals surface area contributed by atoms with Crippen molar-refractivity contribution in [2.75, 3.05) is 33.5 Å². The number of benzene rings is 1. The van der Waals surface area contributed by atoms with Crippen molar-refractivity contribution in [3.8, 4) is 22.9 Å². The highest BCUT2D eigenvalue weighted by molar-refractivity contribution is 5.69. The minimum Gasteiger partial charge on any atom is -0.493 e. The Bertz CT molecular complexity index is 948. The molecule has 0 atom stereocenters. The second-order valence-electron chi connectivity index (χ2n) is 7.99. The fourth-order valence-corrected chi connectivity index (χ4v) is 4.05. The van der Waals surface area contributed by atoms with Crippen LogP contribution in [0.4, 0.5) is 0 Å². The van der Waals surface area contributed by atoms with Crippen molar-refractivity contribution in [3.63, 3.8) is 0 Å². The molecule has 0 saturated carbocycles. The third-order valence-electron chi connectivity index (χ3n) is 5.92. The smallest absolute Gasteiger partial charge is 0.172 e. The lowest BCUT2D eigenvalue weighted by Gasteiger charge is -2.36. The molecule has 3 heterocycles. The van der Waals surface area contributed by atoms with Crippen molar-refractivity contribution in [1.29, 1.82) is 0 Å². The molecule has 0 radical (unpaired) electrons. The van der Waals surface area contributed by atoms with E-state index < -0.39 is 0 Å². The van der Waals surface area contributed by atoms with Gasteiger partial charge in [-0.15, -0.1) is 0 Å². The van der Waals surface area contributed by atoms with Crippen LogP contribution in [0.2, 0.25) is 0 Å². The van der Waals surface area contributed by atoms with E-state index in [2.05, 4.69) is 14.5 Å². The third kappa shape index (κ3) is 4.91. The van der Waals surface area contributed by atoms with Gasteiger partial charge in [0.25, 0.3) is 0 Å². The monoisotopic (exact) mass is 426 g/mol. The van der Waals surface area contributed by atoms with Crippen molar-refractivity contribution in [3.05, 3.63) is 49.3 Å². The van der Waals surface area contributed by atoms with Crippen LogP contribution in [0, 0.1) is 5.41 Å². The van der Waals surface area contributed by atoms with Gasteiger partial charge in [-0.05, 0) is 31.4 Å². The average Bonchev–Trinajstić information content (AvgIpc) is 3.49. The van der Waals surface area contributed by atoms with Crippen LogP contribution >= 0.6 is 0 Å². The molecule has 1 aliphatic rings. The quantitative estimate of drug-likeness (QED) is 0.502. The number of imidazole rings is 2. The molecule has 0 unspecified atom stereocenters. The molecule has 0 bridgehead atoms. The fourth-order valence-electron chi connectivity index (χ4n) is 4.05. The maximum Gasteiger partial charge on any atom is 0.172 e. The van der Waals surface area contributed by atoms with Gasteiger partial charge < -0.3 is 28.5 Å². The zero-order chi connectivity index (χ0) is 21.5. The standard InChI is InChI=1S/C23H30N4O4/c1-29-20-5-2-4-19(21(20)31-13-3-10-26-11-8-24-18-26)22-25-9-12-27(22)16-23(17-28)6-14-30-15-7-23/h2,4-5,8-9,11-12,18,28H,3,6-7,10,13-17H2,1H3. The molecule has 1 saturated heterocycles. The van der Waals surface area contributed by atoms with Crippen LogP contribution < -0.4 is 9.47 Å². The lowest BCUT2D eigenvalue weighted by atomic mass is 9.81. The molecule has 31 heavy (non-hydrogen) atoms. The molecule has 8 heteroatoms. The van der Waals surface area contributed by atoms with E-state index in [-0.39, 0.29) is 12.0 Å². The fraction of sp³-hybridized carbons (Fsp3) is 0.478. The predicted molar refractivity (Wildman–Crippen MR) is 116 cm³/mol. The Morgan fingerprint density at radius 1 is 1.19 bits per heavy atom. The maximum absolute atomic E-state index is 10.1. The number of ether oxygens (including phenoxy) is 3. The zero-order valence-corrected chi connectivity index (χ0v) is 17.9. The van der Waals surface area contributed by atoms with E-state index in [9.17, 15) is 5.11 Å². The minimum absolute atomic E-state index is 0.129. The Morgan fingerprint density at radius 2 is 2.06 bits per heavy atom. The molecule has 1 N–H and O–H groups in total. The van der Waals surface area contributed by atoms with Crippen LogP contribution in [0.3, 0.4) is 0 Å². The number of nitrogens with zero attached hydrogens (tertiary/aromatic N) is 4. The van der Waals surface area contributed by atoms with Crippen LogP contribution in [0.25, 0.3) is 11.4 Å². The highest BCUT2D eigenvalue weighted by Gasteiger charge is 2.33. The molecule has 0 amide bonds. The average molecular weight is 427 g/mol. The number of hydrogen-bond acceptors (Lipinski definition) is 6. The van der Waals surface area contributed by atoms with Gasteiger partial charge in [-0.25, -0.2) is 9.97 Å². The zero-order valence-electron chi connectivity index (χ0n) is 17.9. The van der Waals surface area contributed by atoms with Crippen LogP contribution in [0.1, 0.15) is 19.3 Å². The van der Waals surface area contributed by atoms with E-state index >= 15 is 0 Å². The lowest BCUT2D eigenvalue weighted by molar-refractivity contribution is -0.0250. The number of hydrogen-bond donors (Lipinski definition) is 1. The molecule has 8 nitrogen and oxygen atoms in total. The van der Waals surface area contributed by atoms with E-state index in [4.69, 9.17) is 14.2 Å². The first-order valence-electron chi connectivity index (χ1n) is 10.7. The van der Waals surface area contributed by atoms with Crippen molar-refractivity contribution >= 4 is 0 Å². The van der Waals surface area contributed by atoms with Gasteiger partial charge in [-0.2, -0.15) is 0 Å². The maximum atomic E-state index is 10.1. The molecule has 1 aliphatic heterocycles. The molecule has 1 fully saturated rings. The van der Waals surface area contributed by atoms with Gasteiger partial charge in [0, 0.05) is 56.5 Å². The van der Waals surface area contributed by atoms with Gasteiger partial charge in [0.1, 0.15) is 5.82 Å². The highest BCUT2D eigenvalue weighted by Crippen LogP contribution is 2.39. The summed E-state index contributed by atoms with van der Waals surface area (Å²) in [6.07, 6.45) is 11.8. The number of aromatic nitrogens is 4. The van der Waals surface area contributed by atoms with E-state index in [1.807, 2.05) is 35.2 Å². The molecular weight excluding hydrogens is 396 g/mol. The highest BCUT2D eigenvalue weighted by atomic mass is 16.5. The summed E-state index contributed by atoms with van der Waals surface area (Å²) in [5.74, 6) is 2.17. The summed E-state index contributed by atoms with van der Waals surface area (Å²) in [6, 6.07) is 5.85. The topological polar surface area (TPSA) is 83.6 Å². The first kappa shape index (κ1) is 21.4. The molecule has 3 aromatic rings. The van der Waals surface area contributed by atoms with Crippen LogP contribution in [0.15, 0.2) is 49.3 Å². The Hall–Kier alpha value is -2.84. The predicted octanol–water partition coefficient (Wildman–Crippen LogP) is 3.01. The first-order valence-corrected chi connectivity index (χ1v) is 10.7. The lowest BCUT2D eigenvalue weighted by Crippen LogP contribution is -2.37. The van der Waals surface area contributed by atoms with E-state index in [1.54, 1.807) is 25.8 Å². The summed E-state index contributed by atoms with van der Waals surface area (Å²) < 4.78 is 21.4. The summed E-state index contributed by atoms with van der Waals surface area (Å²) >= 11 is 0. The van der Waals surface area contributed by atoms with Crippen molar-refractivity contribution < 1.29 is 19.3 Å². The second kappa shape index (κ2) is 9.98. The molecule has 0 aliphatic carbocycles. The summed E-state index contributed by atoms with van der Waals surface area (Å²) in [4.78, 5) is 8.69. The van der Waals surface area contributed by atoms with Gasteiger partial charge in [0.2, 0.25) is 0 Å². The van der Waals surface area contributed by atoms with Gasteiger partial charge in [-0.1, -0.05) is 6.07 Å². The first-order chi connectivity index (χ1) is 15.2. The third-order valence-corrected chi connectivity index (χ3v) is 5.92. The van der Waals surface area contributed by atoms with Crippen molar-refractivity contribution in [2.24, 2.45) is 5.41 Å². The van der Waals surface area contributed by atoms with E-state index in [0.29, 0.717) is 37.9 Å². The Morgan fingerprint density at radius 3 is 2.81 bits per heavy atom. The van der Waals surface area contributed by atoms with Crippen LogP contribution in [0.5, 0.6) is 11.5 Å². The number of aliphatic hydroxyl groups is 1. The van der Waals surface area contributed by atoms with Crippen molar-refractivity contribution in [2.45, 2.75) is 32.4 Å². The number of rotatable bonds is 10. The summed E-state index contributed by atoms with van der Waals surface area (Å²) in [5, 5.41) is 10.1. The van der Waals surface area contributed by atoms with Crippen LogP contribution in [-0.4, -0.2) is 57.7 Å². The molecule has 1 aromatic carbocycles. The minimum atomic E-state index is -0.196. The summed E-state index contributed by atoms with van der Waals surface area (Å²) in [7, 11) is 1.65. The Labute approximate surface area is 182 Å². The normalized spacial score (nSPS) is 15.7. The molecule has 0 spiro atoms. The van der Waals surface area contributed by atoms with Gasteiger partial charge >= 0.3 is 0 Å². The summed E-state index contributed by atoms with van der Waals surface area (Å²) in [6.45, 7) is 3.54. The molecule has 2 aromatic heterocycles. The largest absolute Gasteiger partial charge is 0.493 e. The Kier molecular flexibility index (Phi) is 6.89. The van der Waals surface area contributed by atoms with Gasteiger partial charge in [-0.3, -0.25) is 0 Å². The number of para-hydroxylation sites is 1. The molecule has 166 valence electrons. The Balaban J connectivity index is 1.54. The molecular formula is C23H30N4O4. The van der Waals surface area contributed by atoms with E-state index in [1.165, 1.54) is 0 Å². The van der Waals surface area contributed by atoms with Crippen LogP contribution in [-0.2, 0) is 17.8 Å². The second-order valence-corrected chi connectivity index (χ2v) is 7.99. The number of aliphatic hydroxyl groups excluding tert-OH is 1. The van der Waals surface area contributed by atoms with Gasteiger partial charge in [0.05, 0.1) is 32.2 Å². The number of methoxy groups -OCH3 is 1. The van der Waals surface area contributed by atoms with Crippen molar-refractivity contribution in [1.82, 2.24) is 19.1 Å². The van der Waals surface area contributed by atoms with E-state index in [0.717, 1.165) is 37.2 Å². The summed E-state index contributed by atoms with van der Waals surface area (Å²) in [5.41, 5.74) is 0.686. The van der Waals surface area contributed by atoms with Gasteiger partial charge in [0.15, 0.2) is 11.5 Å². The molecule has 4 rings (SSSR count). The SMILES string of the molecule is COc1cccc(-c2nccn2CC2(CO)CCOCC2)c1OCCCn1ccnc1. The number of aryl methyl sites for hydroxylation is 1.